The molecule has 2 heterocycles. The van der Waals surface area contributed by atoms with E-state index in [4.69, 9.17) is 14.2 Å². The Bertz CT molecular complexity index is 870. The minimum Gasteiger partial charge on any atom is -0.481 e. The molecule has 0 atom stereocenters. The molecule has 0 bridgehead atoms. The second-order valence-corrected chi connectivity index (χ2v) is 5.91. The summed E-state index contributed by atoms with van der Waals surface area (Å²) < 4.78 is 45.8. The van der Waals surface area contributed by atoms with Crippen LogP contribution < -0.4 is 29.6 Å². The average molecular weight is 536 g/mol. The maximum absolute atomic E-state index is 12.8. The lowest BCUT2D eigenvalue weighted by Gasteiger charge is -2.13. The highest BCUT2D eigenvalue weighted by Gasteiger charge is 2.20. The maximum atomic E-state index is 12.8. The number of aliphatic imine (C=N–C) groups is 1. The van der Waals surface area contributed by atoms with Gasteiger partial charge in [0.15, 0.2) is 17.5 Å². The molecule has 30 heavy (non-hydrogen) atoms. The lowest BCUT2D eigenvalue weighted by molar-refractivity contribution is -0.0505. The molecule has 2 N–H and O–H groups in total. The number of halogens is 3. The number of hydrogen-bond donors (Lipinski definition) is 2. The zero-order chi connectivity index (χ0) is 20.6. The third kappa shape index (κ3) is 6.47. The number of nitrogens with zero attached hydrogens (tertiary/aromatic N) is 2. The van der Waals surface area contributed by atoms with E-state index in [1.165, 1.54) is 6.07 Å². The first kappa shape index (κ1) is 23.7. The predicted octanol–water partition coefficient (Wildman–Crippen LogP) is 3.29. The fraction of sp³-hybridized carbons (Fsp3) is 0.368. The van der Waals surface area contributed by atoms with Gasteiger partial charge in [-0.05, 0) is 19.1 Å². The molecular formula is C19H23F2IN4O4. The minimum absolute atomic E-state index is 0. The Morgan fingerprint density at radius 3 is 2.70 bits per heavy atom. The Labute approximate surface area is 190 Å². The summed E-state index contributed by atoms with van der Waals surface area (Å²) in [7, 11) is 1.55. The smallest absolute Gasteiger partial charge is 0.387 e. The molecule has 11 heteroatoms. The van der Waals surface area contributed by atoms with Gasteiger partial charge in [0.05, 0.1) is 25.9 Å². The van der Waals surface area contributed by atoms with Crippen molar-refractivity contribution in [2.45, 2.75) is 26.6 Å². The largest absolute Gasteiger partial charge is 0.481 e. The lowest BCUT2D eigenvalue weighted by Crippen LogP contribution is -2.37. The first-order valence-corrected chi connectivity index (χ1v) is 8.98. The van der Waals surface area contributed by atoms with Crippen molar-refractivity contribution in [2.24, 2.45) is 4.99 Å². The van der Waals surface area contributed by atoms with Crippen LogP contribution in [0.25, 0.3) is 0 Å². The van der Waals surface area contributed by atoms with Crippen molar-refractivity contribution in [3.8, 4) is 23.1 Å². The SMILES string of the molecule is CCNC(=NCc1cc2c(cc1OC(F)F)OCO2)NCc1cccc(OC)n1.I. The third-order valence-corrected chi connectivity index (χ3v) is 3.95. The minimum atomic E-state index is -2.96. The summed E-state index contributed by atoms with van der Waals surface area (Å²) in [6, 6.07) is 8.43. The number of methoxy groups -OCH3 is 1. The van der Waals surface area contributed by atoms with Gasteiger partial charge in [-0.15, -0.1) is 24.0 Å². The van der Waals surface area contributed by atoms with Crippen LogP contribution in [0.15, 0.2) is 35.3 Å². The van der Waals surface area contributed by atoms with Crippen molar-refractivity contribution < 1.29 is 27.7 Å². The van der Waals surface area contributed by atoms with Crippen LogP contribution in [0, 0.1) is 0 Å². The molecule has 1 aromatic heterocycles. The standard InChI is InChI=1S/C19H22F2N4O4.HI/c1-3-22-19(24-10-13-5-4-6-17(25-13)26-2)23-9-12-7-15-16(28-11-27-15)8-14(12)29-18(20)21;/h4-8,18H,3,9-11H2,1-2H3,(H2,22,23,24);1H. The predicted molar refractivity (Wildman–Crippen MR) is 117 cm³/mol. The summed E-state index contributed by atoms with van der Waals surface area (Å²) in [5, 5.41) is 6.25. The zero-order valence-corrected chi connectivity index (χ0v) is 18.8. The Kier molecular flexibility index (Phi) is 9.15. The zero-order valence-electron chi connectivity index (χ0n) is 16.5. The van der Waals surface area contributed by atoms with E-state index < -0.39 is 6.61 Å². The van der Waals surface area contributed by atoms with Crippen LogP contribution in [0.4, 0.5) is 8.78 Å². The van der Waals surface area contributed by atoms with Crippen LogP contribution in [0.3, 0.4) is 0 Å². The first-order chi connectivity index (χ1) is 14.1. The fourth-order valence-electron chi connectivity index (χ4n) is 2.64. The second-order valence-electron chi connectivity index (χ2n) is 5.91. The second kappa shape index (κ2) is 11.6. The van der Waals surface area contributed by atoms with Crippen LogP contribution in [-0.4, -0.2) is 38.0 Å². The molecule has 0 radical (unpaired) electrons. The Hall–Kier alpha value is -2.57. The third-order valence-electron chi connectivity index (χ3n) is 3.95. The van der Waals surface area contributed by atoms with E-state index in [0.717, 1.165) is 5.69 Å². The van der Waals surface area contributed by atoms with Gasteiger partial charge in [0.1, 0.15) is 5.75 Å². The van der Waals surface area contributed by atoms with Crippen LogP contribution in [0.1, 0.15) is 18.2 Å². The van der Waals surface area contributed by atoms with E-state index in [2.05, 4.69) is 25.3 Å². The number of pyridine rings is 1. The van der Waals surface area contributed by atoms with Gasteiger partial charge >= 0.3 is 6.61 Å². The molecule has 0 unspecified atom stereocenters. The van der Waals surface area contributed by atoms with E-state index in [0.29, 0.717) is 42.0 Å². The van der Waals surface area contributed by atoms with Gasteiger partial charge in [-0.1, -0.05) is 6.07 Å². The molecule has 2 aromatic rings. The molecule has 3 rings (SSSR count). The summed E-state index contributed by atoms with van der Waals surface area (Å²) >= 11 is 0. The summed E-state index contributed by atoms with van der Waals surface area (Å²) in [6.45, 7) is 0.132. The quantitative estimate of drug-likeness (QED) is 0.304. The molecule has 0 saturated heterocycles. The molecule has 8 nitrogen and oxygen atoms in total. The van der Waals surface area contributed by atoms with Gasteiger partial charge in [-0.25, -0.2) is 9.98 Å². The molecule has 1 aromatic carbocycles. The van der Waals surface area contributed by atoms with Crippen molar-refractivity contribution in [1.29, 1.82) is 0 Å². The molecule has 0 saturated carbocycles. The van der Waals surface area contributed by atoms with E-state index in [1.807, 2.05) is 19.1 Å². The Morgan fingerprint density at radius 2 is 2.00 bits per heavy atom. The highest BCUT2D eigenvalue weighted by Crippen LogP contribution is 2.39. The number of benzene rings is 1. The Morgan fingerprint density at radius 1 is 1.23 bits per heavy atom. The van der Waals surface area contributed by atoms with Crippen molar-refractivity contribution in [3.63, 3.8) is 0 Å². The number of fused-ring (bicyclic) bond motifs is 1. The highest BCUT2D eigenvalue weighted by atomic mass is 127. The van der Waals surface area contributed by atoms with Crippen molar-refractivity contribution >= 4 is 29.9 Å². The van der Waals surface area contributed by atoms with Gasteiger partial charge < -0.3 is 29.6 Å². The maximum Gasteiger partial charge on any atom is 0.387 e. The van der Waals surface area contributed by atoms with Crippen LogP contribution >= 0.6 is 24.0 Å². The molecule has 0 amide bonds. The molecule has 0 spiro atoms. The summed E-state index contributed by atoms with van der Waals surface area (Å²) in [6.07, 6.45) is 0. The molecule has 0 aliphatic carbocycles. The number of hydrogen-bond acceptors (Lipinski definition) is 6. The number of rotatable bonds is 8. The summed E-state index contributed by atoms with van der Waals surface area (Å²) in [5.74, 6) is 1.84. The van der Waals surface area contributed by atoms with Gasteiger partial charge in [-0.2, -0.15) is 8.78 Å². The fourth-order valence-corrected chi connectivity index (χ4v) is 2.64. The van der Waals surface area contributed by atoms with Crippen molar-refractivity contribution in [1.82, 2.24) is 15.6 Å². The summed E-state index contributed by atoms with van der Waals surface area (Å²) in [5.41, 5.74) is 1.21. The van der Waals surface area contributed by atoms with Gasteiger partial charge in [0.2, 0.25) is 12.7 Å². The van der Waals surface area contributed by atoms with Crippen LogP contribution in [0.2, 0.25) is 0 Å². The number of nitrogens with one attached hydrogen (secondary N) is 2. The molecule has 1 aliphatic heterocycles. The molecule has 1 aliphatic rings. The van der Waals surface area contributed by atoms with E-state index in [-0.39, 0.29) is 43.1 Å². The highest BCUT2D eigenvalue weighted by molar-refractivity contribution is 14.0. The van der Waals surface area contributed by atoms with Crippen molar-refractivity contribution in [2.75, 3.05) is 20.4 Å². The van der Waals surface area contributed by atoms with Crippen molar-refractivity contribution in [3.05, 3.63) is 41.6 Å². The number of ether oxygens (including phenoxy) is 4. The van der Waals surface area contributed by atoms with Crippen LogP contribution in [-0.2, 0) is 13.1 Å². The van der Waals surface area contributed by atoms with Gasteiger partial charge in [-0.3, -0.25) is 0 Å². The molecule has 0 fully saturated rings. The van der Waals surface area contributed by atoms with Crippen LogP contribution in [0.5, 0.6) is 23.1 Å². The van der Waals surface area contributed by atoms with E-state index >= 15 is 0 Å². The van der Waals surface area contributed by atoms with E-state index in [9.17, 15) is 8.78 Å². The van der Waals surface area contributed by atoms with Gasteiger partial charge in [0.25, 0.3) is 0 Å². The Balaban J connectivity index is 0.00000320. The lowest BCUT2D eigenvalue weighted by atomic mass is 10.1. The molecular weight excluding hydrogens is 513 g/mol. The van der Waals surface area contributed by atoms with E-state index in [1.54, 1.807) is 19.2 Å². The number of alkyl halides is 2. The summed E-state index contributed by atoms with van der Waals surface area (Å²) in [4.78, 5) is 8.78. The topological polar surface area (TPSA) is 86.2 Å². The first-order valence-electron chi connectivity index (χ1n) is 8.98. The monoisotopic (exact) mass is 536 g/mol. The van der Waals surface area contributed by atoms with Gasteiger partial charge in [0, 0.05) is 24.2 Å². The number of aromatic nitrogens is 1. The normalized spacial score (nSPS) is 12.4. The average Bonchev–Trinajstić information content (AvgIpc) is 3.17. The molecule has 164 valence electrons. The number of guanidine groups is 1.